The predicted molar refractivity (Wildman–Crippen MR) is 131 cm³/mol. The van der Waals surface area contributed by atoms with E-state index in [9.17, 15) is 14.4 Å². The van der Waals surface area contributed by atoms with Crippen molar-refractivity contribution < 1.29 is 19.1 Å². The highest BCUT2D eigenvalue weighted by atomic mass is 32.2. The zero-order valence-electron chi connectivity index (χ0n) is 20.5. The van der Waals surface area contributed by atoms with Crippen molar-refractivity contribution in [2.75, 3.05) is 13.2 Å². The standard InChI is InChI=1S/C25H37N3O4S/c1-15(2)14-19(21(29)26-12-9-13-32-16(3)4)27-22(30)20-25(5,6)33-24-18-11-8-7-10-17(18)23(31)28(20)24/h7-8,10-11,15-16,19-20,24H,9,12-14H2,1-6H3,(H,26,29)(H,27,30)/t19-,20+,24+/m0/s1. The maximum Gasteiger partial charge on any atom is 0.256 e. The number of amides is 3. The van der Waals surface area contributed by atoms with Crippen molar-refractivity contribution >= 4 is 29.5 Å². The molecule has 1 saturated heterocycles. The molecule has 3 amide bonds. The van der Waals surface area contributed by atoms with Crippen molar-refractivity contribution in [3.05, 3.63) is 35.4 Å². The Kier molecular flexibility index (Phi) is 8.11. The molecule has 2 heterocycles. The van der Waals surface area contributed by atoms with Crippen LogP contribution in [0.4, 0.5) is 0 Å². The lowest BCUT2D eigenvalue weighted by atomic mass is 9.98. The number of carbonyl (C=O) groups is 3. The van der Waals surface area contributed by atoms with Crippen LogP contribution in [0, 0.1) is 5.92 Å². The van der Waals surface area contributed by atoms with E-state index in [1.54, 1.807) is 16.7 Å². The van der Waals surface area contributed by atoms with Gasteiger partial charge in [-0.2, -0.15) is 0 Å². The van der Waals surface area contributed by atoms with Gasteiger partial charge in [-0.25, -0.2) is 0 Å². The van der Waals surface area contributed by atoms with Gasteiger partial charge in [-0.3, -0.25) is 14.4 Å². The highest BCUT2D eigenvalue weighted by Gasteiger charge is 2.57. The zero-order chi connectivity index (χ0) is 24.3. The summed E-state index contributed by atoms with van der Waals surface area (Å²) in [7, 11) is 0. The molecule has 1 aromatic rings. The second-order valence-corrected chi connectivity index (χ2v) is 11.8. The minimum atomic E-state index is -0.658. The van der Waals surface area contributed by atoms with E-state index in [2.05, 4.69) is 10.6 Å². The Bertz CT molecular complexity index is 886. The first-order chi connectivity index (χ1) is 15.5. The second kappa shape index (κ2) is 10.5. The number of fused-ring (bicyclic) bond motifs is 3. The van der Waals surface area contributed by atoms with E-state index in [1.807, 2.05) is 65.8 Å². The number of carbonyl (C=O) groups excluding carboxylic acids is 3. The monoisotopic (exact) mass is 475 g/mol. The minimum Gasteiger partial charge on any atom is -0.379 e. The number of hydrogen-bond acceptors (Lipinski definition) is 5. The Balaban J connectivity index is 1.70. The summed E-state index contributed by atoms with van der Waals surface area (Å²) in [4.78, 5) is 41.3. The Morgan fingerprint density at radius 1 is 1.18 bits per heavy atom. The molecule has 8 heteroatoms. The first-order valence-electron chi connectivity index (χ1n) is 11.8. The van der Waals surface area contributed by atoms with Crippen molar-refractivity contribution in [2.24, 2.45) is 5.92 Å². The number of nitrogens with zero attached hydrogens (tertiary/aromatic N) is 1. The van der Waals surface area contributed by atoms with E-state index in [-0.39, 0.29) is 35.1 Å². The Hall–Kier alpha value is -2.06. The summed E-state index contributed by atoms with van der Waals surface area (Å²) >= 11 is 1.62. The lowest BCUT2D eigenvalue weighted by Gasteiger charge is -2.31. The average Bonchev–Trinajstić information content (AvgIpc) is 3.16. The molecular weight excluding hydrogens is 438 g/mol. The molecule has 0 aromatic heterocycles. The van der Waals surface area contributed by atoms with Gasteiger partial charge in [-0.15, -0.1) is 11.8 Å². The Morgan fingerprint density at radius 3 is 2.55 bits per heavy atom. The van der Waals surface area contributed by atoms with Gasteiger partial charge >= 0.3 is 0 Å². The number of hydrogen-bond donors (Lipinski definition) is 2. The summed E-state index contributed by atoms with van der Waals surface area (Å²) < 4.78 is 5.04. The number of ether oxygens (including phenoxy) is 1. The average molecular weight is 476 g/mol. The van der Waals surface area contributed by atoms with Crippen LogP contribution < -0.4 is 10.6 Å². The molecule has 1 aromatic carbocycles. The van der Waals surface area contributed by atoms with Gasteiger partial charge in [-0.05, 0) is 58.1 Å². The lowest BCUT2D eigenvalue weighted by molar-refractivity contribution is -0.132. The fourth-order valence-corrected chi connectivity index (χ4v) is 6.07. The summed E-state index contributed by atoms with van der Waals surface area (Å²) in [6, 6.07) is 6.23. The van der Waals surface area contributed by atoms with Crippen molar-refractivity contribution in [2.45, 2.75) is 82.7 Å². The number of nitrogens with one attached hydrogen (secondary N) is 2. The van der Waals surface area contributed by atoms with E-state index in [1.165, 1.54) is 0 Å². The van der Waals surface area contributed by atoms with Gasteiger partial charge in [0.25, 0.3) is 5.91 Å². The Labute approximate surface area is 201 Å². The van der Waals surface area contributed by atoms with E-state index >= 15 is 0 Å². The van der Waals surface area contributed by atoms with E-state index in [0.29, 0.717) is 31.6 Å². The van der Waals surface area contributed by atoms with E-state index in [4.69, 9.17) is 4.74 Å². The molecule has 0 aliphatic carbocycles. The normalized spacial score (nSPS) is 21.8. The van der Waals surface area contributed by atoms with Crippen LogP contribution in [-0.2, 0) is 14.3 Å². The van der Waals surface area contributed by atoms with Crippen LogP contribution in [0.25, 0.3) is 0 Å². The molecule has 2 aliphatic rings. The molecule has 3 atom stereocenters. The molecule has 0 radical (unpaired) electrons. The smallest absolute Gasteiger partial charge is 0.256 e. The summed E-state index contributed by atoms with van der Waals surface area (Å²) in [5, 5.41) is 5.72. The van der Waals surface area contributed by atoms with Gasteiger partial charge in [0.05, 0.1) is 6.10 Å². The van der Waals surface area contributed by atoms with Crippen LogP contribution in [0.2, 0.25) is 0 Å². The van der Waals surface area contributed by atoms with Gasteiger partial charge in [-0.1, -0.05) is 32.0 Å². The molecule has 7 nitrogen and oxygen atoms in total. The third-order valence-corrected chi connectivity index (χ3v) is 7.49. The third-order valence-electron chi connectivity index (χ3n) is 5.96. The predicted octanol–water partition coefficient (Wildman–Crippen LogP) is 3.50. The summed E-state index contributed by atoms with van der Waals surface area (Å²) in [5.41, 5.74) is 1.61. The van der Waals surface area contributed by atoms with Crippen LogP contribution in [0.15, 0.2) is 24.3 Å². The first-order valence-corrected chi connectivity index (χ1v) is 12.7. The third kappa shape index (κ3) is 5.72. The molecule has 0 unspecified atom stereocenters. The highest BCUT2D eigenvalue weighted by Crippen LogP contribution is 2.56. The Morgan fingerprint density at radius 2 is 1.88 bits per heavy atom. The van der Waals surface area contributed by atoms with Gasteiger partial charge in [0.15, 0.2) is 0 Å². The van der Waals surface area contributed by atoms with Crippen LogP contribution in [0.1, 0.15) is 75.7 Å². The fourth-order valence-electron chi connectivity index (χ4n) is 4.48. The second-order valence-electron chi connectivity index (χ2n) is 10.0. The van der Waals surface area contributed by atoms with Gasteiger partial charge in [0.2, 0.25) is 11.8 Å². The van der Waals surface area contributed by atoms with Crippen molar-refractivity contribution in [3.8, 4) is 0 Å². The summed E-state index contributed by atoms with van der Waals surface area (Å²) in [5.74, 6) is -0.372. The van der Waals surface area contributed by atoms with Crippen molar-refractivity contribution in [1.29, 1.82) is 0 Å². The van der Waals surface area contributed by atoms with E-state index in [0.717, 1.165) is 5.56 Å². The molecule has 3 rings (SSSR count). The van der Waals surface area contributed by atoms with Gasteiger partial charge in [0, 0.05) is 23.5 Å². The highest BCUT2D eigenvalue weighted by molar-refractivity contribution is 8.01. The number of benzene rings is 1. The molecule has 0 spiro atoms. The van der Waals surface area contributed by atoms with Crippen LogP contribution in [0.3, 0.4) is 0 Å². The first kappa shape index (κ1) is 25.6. The SMILES string of the molecule is CC(C)C[C@H](NC(=O)[C@H]1N2C(=O)c3ccccc3[C@H]2SC1(C)C)C(=O)NCCCOC(C)C. The molecule has 182 valence electrons. The zero-order valence-corrected chi connectivity index (χ0v) is 21.3. The molecule has 0 saturated carbocycles. The summed E-state index contributed by atoms with van der Waals surface area (Å²) in [6.07, 6.45) is 1.39. The van der Waals surface area contributed by atoms with Crippen LogP contribution >= 0.6 is 11.8 Å². The van der Waals surface area contributed by atoms with Crippen LogP contribution in [-0.4, -0.2) is 58.7 Å². The molecular formula is C25H37N3O4S. The minimum absolute atomic E-state index is 0.121. The van der Waals surface area contributed by atoms with Crippen molar-refractivity contribution in [1.82, 2.24) is 15.5 Å². The summed E-state index contributed by atoms with van der Waals surface area (Å²) in [6.45, 7) is 13.0. The number of thioether (sulfide) groups is 1. The lowest BCUT2D eigenvalue weighted by Crippen LogP contribution is -2.57. The molecule has 33 heavy (non-hydrogen) atoms. The molecule has 0 bridgehead atoms. The molecule has 2 N–H and O–H groups in total. The fraction of sp³-hybridized carbons (Fsp3) is 0.640. The van der Waals surface area contributed by atoms with Gasteiger partial charge < -0.3 is 20.3 Å². The molecule has 1 fully saturated rings. The number of rotatable bonds is 10. The van der Waals surface area contributed by atoms with E-state index < -0.39 is 16.8 Å². The maximum absolute atomic E-state index is 13.5. The largest absolute Gasteiger partial charge is 0.379 e. The van der Waals surface area contributed by atoms with Crippen LogP contribution in [0.5, 0.6) is 0 Å². The van der Waals surface area contributed by atoms with Crippen molar-refractivity contribution in [3.63, 3.8) is 0 Å². The molecule has 2 aliphatic heterocycles. The van der Waals surface area contributed by atoms with Gasteiger partial charge in [0.1, 0.15) is 17.5 Å². The maximum atomic E-state index is 13.5. The quantitative estimate of drug-likeness (QED) is 0.506. The topological polar surface area (TPSA) is 87.7 Å².